The Hall–Kier alpha value is -2.49. The molecule has 2 N–H and O–H groups in total. The molecule has 140 valence electrons. The number of urea groups is 1. The van der Waals surface area contributed by atoms with E-state index in [9.17, 15) is 4.79 Å². The average Bonchev–Trinajstić information content (AvgIpc) is 2.56. The van der Waals surface area contributed by atoms with Gasteiger partial charge in [0.1, 0.15) is 5.75 Å². The maximum Gasteiger partial charge on any atom is 0.319 e. The van der Waals surface area contributed by atoms with Crippen molar-refractivity contribution in [1.82, 2.24) is 5.32 Å². The molecule has 4 heteroatoms. The van der Waals surface area contributed by atoms with E-state index in [4.69, 9.17) is 4.74 Å². The lowest BCUT2D eigenvalue weighted by Crippen LogP contribution is -2.31. The Morgan fingerprint density at radius 2 is 1.77 bits per heavy atom. The highest BCUT2D eigenvalue weighted by Gasteiger charge is 2.16. The summed E-state index contributed by atoms with van der Waals surface area (Å²) in [5, 5.41) is 5.88. The Labute approximate surface area is 157 Å². The summed E-state index contributed by atoms with van der Waals surface area (Å²) in [5.74, 6) is 0.806. The fourth-order valence-corrected chi connectivity index (χ4v) is 2.79. The van der Waals surface area contributed by atoms with Crippen molar-refractivity contribution in [1.29, 1.82) is 0 Å². The summed E-state index contributed by atoms with van der Waals surface area (Å²) >= 11 is 0. The van der Waals surface area contributed by atoms with Crippen LogP contribution in [0.25, 0.3) is 0 Å². The van der Waals surface area contributed by atoms with Crippen LogP contribution in [0.5, 0.6) is 5.75 Å². The highest BCUT2D eigenvalue weighted by atomic mass is 16.5. The summed E-state index contributed by atoms with van der Waals surface area (Å²) in [4.78, 5) is 12.4. The van der Waals surface area contributed by atoms with Gasteiger partial charge in [-0.05, 0) is 49.9 Å². The van der Waals surface area contributed by atoms with Gasteiger partial charge in [0.2, 0.25) is 0 Å². The molecule has 1 atom stereocenters. The summed E-state index contributed by atoms with van der Waals surface area (Å²) in [6.07, 6.45) is 0. The zero-order valence-corrected chi connectivity index (χ0v) is 16.6. The first-order chi connectivity index (χ1) is 12.2. The SMILES string of the molecule is CCOc1ccc(C)cc1C(C)NC(=O)Nc1ccc(C(C)(C)C)cc1. The van der Waals surface area contributed by atoms with Crippen molar-refractivity contribution < 1.29 is 9.53 Å². The van der Waals surface area contributed by atoms with Crippen LogP contribution in [0.1, 0.15) is 57.4 Å². The van der Waals surface area contributed by atoms with Crippen molar-refractivity contribution in [2.24, 2.45) is 0 Å². The van der Waals surface area contributed by atoms with Crippen LogP contribution in [0.3, 0.4) is 0 Å². The van der Waals surface area contributed by atoms with E-state index in [1.807, 2.05) is 63.2 Å². The van der Waals surface area contributed by atoms with Gasteiger partial charge in [-0.15, -0.1) is 0 Å². The predicted molar refractivity (Wildman–Crippen MR) is 108 cm³/mol. The monoisotopic (exact) mass is 354 g/mol. The standard InChI is InChI=1S/C22H30N2O2/c1-7-26-20-13-8-15(2)14-19(20)16(3)23-21(25)24-18-11-9-17(10-12-18)22(4,5)6/h8-14,16H,7H2,1-6H3,(H2,23,24,25). The molecule has 0 aliphatic carbocycles. The second kappa shape index (κ2) is 8.26. The van der Waals surface area contributed by atoms with Crippen LogP contribution < -0.4 is 15.4 Å². The topological polar surface area (TPSA) is 50.4 Å². The highest BCUT2D eigenvalue weighted by molar-refractivity contribution is 5.89. The van der Waals surface area contributed by atoms with Gasteiger partial charge in [-0.2, -0.15) is 0 Å². The quantitative estimate of drug-likeness (QED) is 0.737. The molecule has 0 spiro atoms. The van der Waals surface area contributed by atoms with E-state index < -0.39 is 0 Å². The third-order valence-electron chi connectivity index (χ3n) is 4.29. The molecule has 0 bridgehead atoms. The number of benzene rings is 2. The molecule has 0 aliphatic heterocycles. The Morgan fingerprint density at radius 1 is 1.12 bits per heavy atom. The van der Waals surface area contributed by atoms with Crippen molar-refractivity contribution in [3.63, 3.8) is 0 Å². The number of rotatable bonds is 5. The Balaban J connectivity index is 2.04. The van der Waals surface area contributed by atoms with Crippen LogP contribution in [0.15, 0.2) is 42.5 Å². The molecule has 2 aromatic carbocycles. The van der Waals surface area contributed by atoms with Crippen molar-refractivity contribution >= 4 is 11.7 Å². The predicted octanol–water partition coefficient (Wildman–Crippen LogP) is 5.57. The van der Waals surface area contributed by atoms with Gasteiger partial charge in [-0.3, -0.25) is 0 Å². The number of amides is 2. The Kier molecular flexibility index (Phi) is 6.30. The minimum absolute atomic E-state index is 0.0934. The first-order valence-corrected chi connectivity index (χ1v) is 9.12. The van der Waals surface area contributed by atoms with Gasteiger partial charge in [-0.25, -0.2) is 4.79 Å². The number of hydrogen-bond donors (Lipinski definition) is 2. The first kappa shape index (κ1) is 19.8. The van der Waals surface area contributed by atoms with E-state index in [1.165, 1.54) is 5.56 Å². The molecule has 2 aromatic rings. The summed E-state index contributed by atoms with van der Waals surface area (Å²) in [6.45, 7) is 13.0. The molecule has 0 saturated carbocycles. The van der Waals surface area contributed by atoms with Gasteiger partial charge < -0.3 is 15.4 Å². The molecule has 0 heterocycles. The maximum atomic E-state index is 12.4. The smallest absolute Gasteiger partial charge is 0.319 e. The van der Waals surface area contributed by atoms with E-state index in [-0.39, 0.29) is 17.5 Å². The normalized spacial score (nSPS) is 12.4. The van der Waals surface area contributed by atoms with E-state index >= 15 is 0 Å². The van der Waals surface area contributed by atoms with Crippen molar-refractivity contribution in [2.75, 3.05) is 11.9 Å². The molecule has 2 amide bonds. The van der Waals surface area contributed by atoms with Crippen molar-refractivity contribution in [3.05, 3.63) is 59.2 Å². The zero-order chi connectivity index (χ0) is 19.3. The number of aryl methyl sites for hydroxylation is 1. The molecule has 0 fully saturated rings. The van der Waals surface area contributed by atoms with Gasteiger partial charge in [0.05, 0.1) is 12.6 Å². The molecular weight excluding hydrogens is 324 g/mol. The van der Waals surface area contributed by atoms with Gasteiger partial charge in [0.25, 0.3) is 0 Å². The largest absolute Gasteiger partial charge is 0.494 e. The summed E-state index contributed by atoms with van der Waals surface area (Å²) in [7, 11) is 0. The molecule has 1 unspecified atom stereocenters. The van der Waals surface area contributed by atoms with Crippen LogP contribution in [0, 0.1) is 6.92 Å². The van der Waals surface area contributed by atoms with Crippen LogP contribution in [-0.4, -0.2) is 12.6 Å². The molecule has 26 heavy (non-hydrogen) atoms. The maximum absolute atomic E-state index is 12.4. The fourth-order valence-electron chi connectivity index (χ4n) is 2.79. The van der Waals surface area contributed by atoms with Gasteiger partial charge in [-0.1, -0.05) is 50.6 Å². The van der Waals surface area contributed by atoms with Crippen molar-refractivity contribution in [2.45, 2.75) is 53.0 Å². The Morgan fingerprint density at radius 3 is 2.35 bits per heavy atom. The summed E-state index contributed by atoms with van der Waals surface area (Å²) in [6, 6.07) is 13.6. The third kappa shape index (κ3) is 5.25. The van der Waals surface area contributed by atoms with E-state index in [0.29, 0.717) is 6.61 Å². The molecular formula is C22H30N2O2. The number of anilines is 1. The molecule has 0 radical (unpaired) electrons. The lowest BCUT2D eigenvalue weighted by Gasteiger charge is -2.20. The molecule has 0 aromatic heterocycles. The third-order valence-corrected chi connectivity index (χ3v) is 4.29. The second-order valence-corrected chi connectivity index (χ2v) is 7.62. The van der Waals surface area contributed by atoms with Crippen LogP contribution in [0.4, 0.5) is 10.5 Å². The Bertz CT molecular complexity index is 746. The molecule has 4 nitrogen and oxygen atoms in total. The highest BCUT2D eigenvalue weighted by Crippen LogP contribution is 2.27. The van der Waals surface area contributed by atoms with E-state index in [0.717, 1.165) is 22.6 Å². The number of hydrogen-bond acceptors (Lipinski definition) is 2. The van der Waals surface area contributed by atoms with Gasteiger partial charge in [0, 0.05) is 11.3 Å². The second-order valence-electron chi connectivity index (χ2n) is 7.62. The molecule has 0 aliphatic rings. The molecule has 2 rings (SSSR count). The average molecular weight is 354 g/mol. The van der Waals surface area contributed by atoms with E-state index in [2.05, 4.69) is 31.4 Å². The minimum Gasteiger partial charge on any atom is -0.494 e. The molecule has 0 saturated heterocycles. The zero-order valence-electron chi connectivity index (χ0n) is 16.6. The summed E-state index contributed by atoms with van der Waals surface area (Å²) in [5.41, 5.74) is 4.21. The fraction of sp³-hybridized carbons (Fsp3) is 0.409. The lowest BCUT2D eigenvalue weighted by atomic mass is 9.87. The number of ether oxygens (including phenoxy) is 1. The number of carbonyl (C=O) groups excluding carboxylic acids is 1. The van der Waals surface area contributed by atoms with Crippen molar-refractivity contribution in [3.8, 4) is 5.75 Å². The number of nitrogens with one attached hydrogen (secondary N) is 2. The summed E-state index contributed by atoms with van der Waals surface area (Å²) < 4.78 is 5.69. The number of carbonyl (C=O) groups is 1. The van der Waals surface area contributed by atoms with Gasteiger partial charge >= 0.3 is 6.03 Å². The van der Waals surface area contributed by atoms with Crippen LogP contribution in [0.2, 0.25) is 0 Å². The van der Waals surface area contributed by atoms with Crippen LogP contribution in [-0.2, 0) is 5.41 Å². The van der Waals surface area contributed by atoms with Gasteiger partial charge in [0.15, 0.2) is 0 Å². The lowest BCUT2D eigenvalue weighted by molar-refractivity contribution is 0.249. The minimum atomic E-state index is -0.232. The van der Waals surface area contributed by atoms with E-state index in [1.54, 1.807) is 0 Å². The first-order valence-electron chi connectivity index (χ1n) is 9.12. The van der Waals surface area contributed by atoms with Crippen LogP contribution >= 0.6 is 0 Å².